The van der Waals surface area contributed by atoms with Gasteiger partial charge in [0, 0.05) is 38.0 Å². The molecule has 0 saturated carbocycles. The highest BCUT2D eigenvalue weighted by Crippen LogP contribution is 2.16. The van der Waals surface area contributed by atoms with Crippen LogP contribution in [0.15, 0.2) is 16.0 Å². The number of carbonyl (C=O) groups excluding carboxylic acids is 1. The van der Waals surface area contributed by atoms with Crippen molar-refractivity contribution in [2.24, 2.45) is 0 Å². The van der Waals surface area contributed by atoms with E-state index in [1.165, 1.54) is 30.7 Å². The van der Waals surface area contributed by atoms with E-state index in [2.05, 4.69) is 14.9 Å². The maximum Gasteiger partial charge on any atom is 0.251 e. The molecule has 1 aromatic heterocycles. The number of nitrogens with one attached hydrogen (secondary N) is 1. The molecule has 0 radical (unpaired) electrons. The van der Waals surface area contributed by atoms with Gasteiger partial charge in [0.1, 0.15) is 0 Å². The highest BCUT2D eigenvalue weighted by Gasteiger charge is 2.25. The van der Waals surface area contributed by atoms with Gasteiger partial charge >= 0.3 is 0 Å². The molecule has 0 spiro atoms. The zero-order valence-electron chi connectivity index (χ0n) is 14.7. The van der Waals surface area contributed by atoms with E-state index < -0.39 is 0 Å². The molecule has 7 nitrogen and oxygen atoms in total. The number of aromatic nitrogens is 2. The van der Waals surface area contributed by atoms with Crippen LogP contribution < -0.4 is 5.56 Å². The first kappa shape index (κ1) is 18.4. The quantitative estimate of drug-likeness (QED) is 0.616. The molecule has 0 aromatic carbocycles. The smallest absolute Gasteiger partial charge is 0.251 e. The van der Waals surface area contributed by atoms with Crippen molar-refractivity contribution in [2.75, 3.05) is 45.1 Å². The summed E-state index contributed by atoms with van der Waals surface area (Å²) in [4.78, 5) is 35.3. The van der Waals surface area contributed by atoms with Crippen LogP contribution in [0.25, 0.3) is 0 Å². The third kappa shape index (κ3) is 5.55. The zero-order valence-corrected chi connectivity index (χ0v) is 15.5. The van der Waals surface area contributed by atoms with Gasteiger partial charge in [0.15, 0.2) is 5.16 Å². The van der Waals surface area contributed by atoms with Crippen molar-refractivity contribution in [1.29, 1.82) is 0 Å². The summed E-state index contributed by atoms with van der Waals surface area (Å²) in [5, 5.41) is 0.498. The minimum absolute atomic E-state index is 0.0751. The molecule has 2 fully saturated rings. The molecule has 1 atom stereocenters. The number of rotatable bonds is 5. The van der Waals surface area contributed by atoms with Gasteiger partial charge in [0.2, 0.25) is 5.91 Å². The van der Waals surface area contributed by atoms with Crippen LogP contribution in [0.1, 0.15) is 25.0 Å². The van der Waals surface area contributed by atoms with Crippen LogP contribution in [0.3, 0.4) is 0 Å². The van der Waals surface area contributed by atoms with Crippen molar-refractivity contribution in [3.8, 4) is 0 Å². The van der Waals surface area contributed by atoms with E-state index in [-0.39, 0.29) is 23.3 Å². The largest absolute Gasteiger partial charge is 0.375 e. The van der Waals surface area contributed by atoms with E-state index in [4.69, 9.17) is 4.74 Å². The number of carbonyl (C=O) groups is 1. The number of amides is 1. The molecule has 2 saturated heterocycles. The standard InChI is InChI=1S/C17H26N4O3S/c1-13-9-15(22)19-17(18-13)25-12-16(23)21-7-4-8-24-14(11-21)10-20-5-2-3-6-20/h9,14H,2-8,10-12H2,1H3,(H,18,19,22)/t14-/m1/s1. The summed E-state index contributed by atoms with van der Waals surface area (Å²) in [5.74, 6) is 0.356. The van der Waals surface area contributed by atoms with Crippen LogP contribution in [0.2, 0.25) is 0 Å². The van der Waals surface area contributed by atoms with Crippen molar-refractivity contribution >= 4 is 17.7 Å². The van der Waals surface area contributed by atoms with Gasteiger partial charge in [-0.15, -0.1) is 0 Å². The van der Waals surface area contributed by atoms with E-state index in [9.17, 15) is 9.59 Å². The number of H-pyrrole nitrogens is 1. The molecule has 2 aliphatic heterocycles. The first-order valence-electron chi connectivity index (χ1n) is 8.92. The molecule has 1 N–H and O–H groups in total. The minimum atomic E-state index is -0.184. The number of hydrogen-bond donors (Lipinski definition) is 1. The molecule has 3 heterocycles. The molecule has 0 bridgehead atoms. The van der Waals surface area contributed by atoms with Gasteiger partial charge in [-0.1, -0.05) is 11.8 Å². The Morgan fingerprint density at radius 1 is 1.36 bits per heavy atom. The molecule has 0 unspecified atom stereocenters. The number of likely N-dealkylation sites (tertiary alicyclic amines) is 1. The summed E-state index contributed by atoms with van der Waals surface area (Å²) >= 11 is 1.28. The van der Waals surface area contributed by atoms with Crippen LogP contribution in [0.4, 0.5) is 0 Å². The lowest BCUT2D eigenvalue weighted by Crippen LogP contribution is -2.42. The minimum Gasteiger partial charge on any atom is -0.375 e. The van der Waals surface area contributed by atoms with Gasteiger partial charge < -0.3 is 19.5 Å². The summed E-state index contributed by atoms with van der Waals surface area (Å²) in [5.41, 5.74) is 0.476. The average molecular weight is 366 g/mol. The van der Waals surface area contributed by atoms with Gasteiger partial charge in [-0.25, -0.2) is 4.98 Å². The molecule has 3 rings (SSSR count). The number of aryl methyl sites for hydroxylation is 1. The summed E-state index contributed by atoms with van der Waals surface area (Å²) in [6.45, 7) is 7.04. The molecule has 0 aliphatic carbocycles. The van der Waals surface area contributed by atoms with E-state index in [0.29, 0.717) is 24.0 Å². The second-order valence-electron chi connectivity index (χ2n) is 6.67. The van der Waals surface area contributed by atoms with E-state index >= 15 is 0 Å². The fourth-order valence-electron chi connectivity index (χ4n) is 3.33. The van der Waals surface area contributed by atoms with E-state index in [1.807, 2.05) is 4.90 Å². The first-order chi connectivity index (χ1) is 12.1. The Morgan fingerprint density at radius 2 is 2.16 bits per heavy atom. The van der Waals surface area contributed by atoms with Crippen LogP contribution in [-0.2, 0) is 9.53 Å². The molecular formula is C17H26N4O3S. The maximum absolute atomic E-state index is 12.6. The molecule has 1 amide bonds. The molecule has 1 aromatic rings. The Morgan fingerprint density at radius 3 is 2.92 bits per heavy atom. The van der Waals surface area contributed by atoms with Gasteiger partial charge in [-0.05, 0) is 39.3 Å². The van der Waals surface area contributed by atoms with Gasteiger partial charge in [0.05, 0.1) is 11.9 Å². The van der Waals surface area contributed by atoms with Crippen molar-refractivity contribution < 1.29 is 9.53 Å². The number of hydrogen-bond acceptors (Lipinski definition) is 6. The SMILES string of the molecule is Cc1cc(=O)[nH]c(SCC(=O)N2CCCO[C@H](CN3CCCC3)C2)n1. The lowest BCUT2D eigenvalue weighted by molar-refractivity contribution is -0.129. The highest BCUT2D eigenvalue weighted by molar-refractivity contribution is 7.99. The average Bonchev–Trinajstić information content (AvgIpc) is 2.96. The van der Waals surface area contributed by atoms with Crippen molar-refractivity contribution in [3.05, 3.63) is 22.1 Å². The molecular weight excluding hydrogens is 340 g/mol. The maximum atomic E-state index is 12.6. The predicted octanol–water partition coefficient (Wildman–Crippen LogP) is 0.884. The normalized spacial score (nSPS) is 22.1. The Bertz CT molecular complexity index is 645. The predicted molar refractivity (Wildman–Crippen MR) is 96.9 cm³/mol. The number of nitrogens with zero attached hydrogens (tertiary/aromatic N) is 3. The van der Waals surface area contributed by atoms with Gasteiger partial charge in [-0.3, -0.25) is 9.59 Å². The second kappa shape index (κ2) is 8.82. The lowest BCUT2D eigenvalue weighted by atomic mass is 10.3. The Labute approximate surface area is 152 Å². The van der Waals surface area contributed by atoms with Gasteiger partial charge in [-0.2, -0.15) is 0 Å². The fraction of sp³-hybridized carbons (Fsp3) is 0.706. The summed E-state index contributed by atoms with van der Waals surface area (Å²) in [6.07, 6.45) is 3.47. The van der Waals surface area contributed by atoms with Crippen LogP contribution in [-0.4, -0.2) is 76.9 Å². The third-order valence-corrected chi connectivity index (χ3v) is 5.40. The highest BCUT2D eigenvalue weighted by atomic mass is 32.2. The summed E-state index contributed by atoms with van der Waals surface area (Å²) in [7, 11) is 0. The zero-order chi connectivity index (χ0) is 17.6. The summed E-state index contributed by atoms with van der Waals surface area (Å²) < 4.78 is 5.94. The molecule has 2 aliphatic rings. The number of thioether (sulfide) groups is 1. The molecule has 138 valence electrons. The third-order valence-electron chi connectivity index (χ3n) is 4.54. The van der Waals surface area contributed by atoms with Crippen LogP contribution >= 0.6 is 11.8 Å². The van der Waals surface area contributed by atoms with E-state index in [1.54, 1.807) is 6.92 Å². The second-order valence-corrected chi connectivity index (χ2v) is 7.64. The van der Waals surface area contributed by atoms with Crippen LogP contribution in [0.5, 0.6) is 0 Å². The Kier molecular flexibility index (Phi) is 6.50. The van der Waals surface area contributed by atoms with Crippen molar-refractivity contribution in [3.63, 3.8) is 0 Å². The van der Waals surface area contributed by atoms with E-state index in [0.717, 1.165) is 32.6 Å². The lowest BCUT2D eigenvalue weighted by Gasteiger charge is -2.27. The Balaban J connectivity index is 1.53. The fourth-order valence-corrected chi connectivity index (χ4v) is 4.15. The summed E-state index contributed by atoms with van der Waals surface area (Å²) in [6, 6.07) is 1.45. The van der Waals surface area contributed by atoms with Gasteiger partial charge in [0.25, 0.3) is 5.56 Å². The topological polar surface area (TPSA) is 78.5 Å². The number of ether oxygens (including phenoxy) is 1. The monoisotopic (exact) mass is 366 g/mol. The van der Waals surface area contributed by atoms with Crippen LogP contribution in [0, 0.1) is 6.92 Å². The number of aromatic amines is 1. The Hall–Kier alpha value is -1.38. The molecule has 25 heavy (non-hydrogen) atoms. The van der Waals surface area contributed by atoms with Crippen molar-refractivity contribution in [1.82, 2.24) is 19.8 Å². The van der Waals surface area contributed by atoms with Crippen molar-refractivity contribution in [2.45, 2.75) is 37.4 Å². The molecule has 8 heteroatoms. The first-order valence-corrected chi connectivity index (χ1v) is 9.91.